The normalized spacial score (nSPS) is 18.4. The third kappa shape index (κ3) is 4.29. The summed E-state index contributed by atoms with van der Waals surface area (Å²) in [6.45, 7) is 1.50. The van der Waals surface area contributed by atoms with Gasteiger partial charge < -0.3 is 14.4 Å². The van der Waals surface area contributed by atoms with Gasteiger partial charge in [0.05, 0.1) is 13.2 Å². The van der Waals surface area contributed by atoms with Crippen molar-refractivity contribution in [2.24, 2.45) is 5.92 Å². The Balaban J connectivity index is 1.35. The number of benzene rings is 1. The second-order valence-electron chi connectivity index (χ2n) is 7.77. The second kappa shape index (κ2) is 8.63. The van der Waals surface area contributed by atoms with E-state index >= 15 is 0 Å². The van der Waals surface area contributed by atoms with E-state index in [0.717, 1.165) is 56.7 Å². The molecular weight excluding hydrogens is 356 g/mol. The molecule has 1 saturated carbocycles. The first kappa shape index (κ1) is 18.8. The number of nitrogens with one attached hydrogen (secondary N) is 1. The molecule has 0 spiro atoms. The fourth-order valence-electron chi connectivity index (χ4n) is 4.25. The highest BCUT2D eigenvalue weighted by Gasteiger charge is 2.26. The molecule has 1 aliphatic heterocycles. The summed E-state index contributed by atoms with van der Waals surface area (Å²) in [5.74, 6) is 2.40. The van der Waals surface area contributed by atoms with E-state index in [9.17, 15) is 4.79 Å². The zero-order valence-corrected chi connectivity index (χ0v) is 16.4. The number of ether oxygens (including phenoxy) is 2. The summed E-state index contributed by atoms with van der Waals surface area (Å²) in [5, 5.41) is 6.49. The maximum atomic E-state index is 12.4. The molecule has 0 unspecified atom stereocenters. The van der Waals surface area contributed by atoms with Gasteiger partial charge in [0.25, 0.3) is 5.91 Å². The molecule has 1 amide bonds. The maximum Gasteiger partial charge on any atom is 0.293 e. The Morgan fingerprint density at radius 1 is 1.18 bits per heavy atom. The number of carbonyl (C=O) groups excluding carboxylic acids is 1. The molecule has 0 bridgehead atoms. The van der Waals surface area contributed by atoms with Crippen LogP contribution in [0.25, 0.3) is 0 Å². The number of H-pyrrole nitrogens is 1. The van der Waals surface area contributed by atoms with Gasteiger partial charge in [0, 0.05) is 13.1 Å². The number of hydrogen-bond donors (Lipinski definition) is 1. The van der Waals surface area contributed by atoms with Gasteiger partial charge in [0.15, 0.2) is 11.5 Å². The smallest absolute Gasteiger partial charge is 0.293 e. The largest absolute Gasteiger partial charge is 0.493 e. The van der Waals surface area contributed by atoms with Gasteiger partial charge in [-0.2, -0.15) is 0 Å². The third-order valence-electron chi connectivity index (χ3n) is 5.86. The molecule has 150 valence electrons. The molecule has 4 rings (SSSR count). The van der Waals surface area contributed by atoms with Crippen molar-refractivity contribution >= 4 is 5.91 Å². The van der Waals surface area contributed by atoms with Crippen LogP contribution in [-0.2, 0) is 6.42 Å². The highest BCUT2D eigenvalue weighted by molar-refractivity contribution is 5.90. The minimum Gasteiger partial charge on any atom is -0.493 e. The van der Waals surface area contributed by atoms with E-state index in [1.54, 1.807) is 7.11 Å². The van der Waals surface area contributed by atoms with Crippen molar-refractivity contribution in [1.82, 2.24) is 20.1 Å². The van der Waals surface area contributed by atoms with Gasteiger partial charge in [-0.25, -0.2) is 4.98 Å². The predicted octanol–water partition coefficient (Wildman–Crippen LogP) is 3.23. The number of methoxy groups -OCH3 is 1. The molecule has 1 N–H and O–H groups in total. The van der Waals surface area contributed by atoms with Gasteiger partial charge in [-0.05, 0) is 68.6 Å². The van der Waals surface area contributed by atoms with Crippen LogP contribution in [0.4, 0.5) is 0 Å². The molecule has 2 fully saturated rings. The topological polar surface area (TPSA) is 80.3 Å². The lowest BCUT2D eigenvalue weighted by molar-refractivity contribution is 0.0678. The van der Waals surface area contributed by atoms with Crippen LogP contribution in [-0.4, -0.2) is 52.3 Å². The molecule has 2 aliphatic rings. The summed E-state index contributed by atoms with van der Waals surface area (Å²) in [7, 11) is 1.69. The average Bonchev–Trinajstić information content (AvgIpc) is 3.43. The molecule has 7 heteroatoms. The fraction of sp³-hybridized carbons (Fsp3) is 0.571. The number of amides is 1. The molecule has 1 saturated heterocycles. The Morgan fingerprint density at radius 3 is 2.64 bits per heavy atom. The Hall–Kier alpha value is -2.57. The quantitative estimate of drug-likeness (QED) is 0.827. The van der Waals surface area contributed by atoms with Gasteiger partial charge >= 0.3 is 0 Å². The number of carbonyl (C=O) groups is 1. The van der Waals surface area contributed by atoms with Crippen molar-refractivity contribution in [3.63, 3.8) is 0 Å². The lowest BCUT2D eigenvalue weighted by Gasteiger charge is -2.31. The Kier molecular flexibility index (Phi) is 5.78. The molecule has 1 aromatic heterocycles. The molecule has 7 nitrogen and oxygen atoms in total. The standard InChI is InChI=1S/C21H28N4O3/c1-27-18-7-6-16(13-19(18)28-17-4-2-3-5-17)12-15-8-10-25(11-9-15)21(26)20-22-14-23-24-20/h6-7,13-15,17H,2-5,8-12H2,1H3,(H,22,23,24). The number of aromatic amines is 1. The summed E-state index contributed by atoms with van der Waals surface area (Å²) >= 11 is 0. The zero-order chi connectivity index (χ0) is 19.3. The summed E-state index contributed by atoms with van der Waals surface area (Å²) in [6.07, 6.45) is 9.48. The molecule has 1 aromatic carbocycles. The zero-order valence-electron chi connectivity index (χ0n) is 16.4. The number of likely N-dealkylation sites (tertiary alicyclic amines) is 1. The monoisotopic (exact) mass is 384 g/mol. The molecule has 0 atom stereocenters. The van der Waals surface area contributed by atoms with Crippen LogP contribution in [0.1, 0.15) is 54.7 Å². The highest BCUT2D eigenvalue weighted by Crippen LogP contribution is 2.34. The minimum absolute atomic E-state index is 0.0867. The van der Waals surface area contributed by atoms with Gasteiger partial charge in [0.2, 0.25) is 5.82 Å². The molecular formula is C21H28N4O3. The van der Waals surface area contributed by atoms with E-state index in [1.165, 1.54) is 24.7 Å². The third-order valence-corrected chi connectivity index (χ3v) is 5.86. The van der Waals surface area contributed by atoms with Crippen LogP contribution < -0.4 is 9.47 Å². The van der Waals surface area contributed by atoms with E-state index in [2.05, 4.69) is 27.3 Å². The fourth-order valence-corrected chi connectivity index (χ4v) is 4.25. The average molecular weight is 384 g/mol. The summed E-state index contributed by atoms with van der Waals surface area (Å²) in [4.78, 5) is 18.2. The van der Waals surface area contributed by atoms with Crippen molar-refractivity contribution < 1.29 is 14.3 Å². The first-order valence-corrected chi connectivity index (χ1v) is 10.2. The summed E-state index contributed by atoms with van der Waals surface area (Å²) in [5.41, 5.74) is 1.27. The van der Waals surface area contributed by atoms with Crippen LogP contribution in [0.5, 0.6) is 11.5 Å². The van der Waals surface area contributed by atoms with Crippen LogP contribution >= 0.6 is 0 Å². The van der Waals surface area contributed by atoms with Gasteiger partial charge in [-0.3, -0.25) is 9.89 Å². The van der Waals surface area contributed by atoms with E-state index in [4.69, 9.17) is 9.47 Å². The van der Waals surface area contributed by atoms with Crippen LogP contribution in [0, 0.1) is 5.92 Å². The maximum absolute atomic E-state index is 12.4. The van der Waals surface area contributed by atoms with Crippen molar-refractivity contribution in [3.8, 4) is 11.5 Å². The van der Waals surface area contributed by atoms with Gasteiger partial charge in [-0.1, -0.05) is 6.07 Å². The van der Waals surface area contributed by atoms with Gasteiger partial charge in [-0.15, -0.1) is 5.10 Å². The summed E-state index contributed by atoms with van der Waals surface area (Å²) in [6, 6.07) is 6.29. The number of rotatable bonds is 6. The lowest BCUT2D eigenvalue weighted by Crippen LogP contribution is -2.39. The number of aromatic nitrogens is 3. The van der Waals surface area contributed by atoms with E-state index < -0.39 is 0 Å². The predicted molar refractivity (Wildman–Crippen MR) is 105 cm³/mol. The minimum atomic E-state index is -0.0867. The van der Waals surface area contributed by atoms with Gasteiger partial charge in [0.1, 0.15) is 6.33 Å². The van der Waals surface area contributed by atoms with E-state index in [0.29, 0.717) is 12.0 Å². The SMILES string of the molecule is COc1ccc(CC2CCN(C(=O)c3nc[nH]n3)CC2)cc1OC1CCCC1. The highest BCUT2D eigenvalue weighted by atomic mass is 16.5. The molecule has 28 heavy (non-hydrogen) atoms. The van der Waals surface area contributed by atoms with Crippen molar-refractivity contribution in [3.05, 3.63) is 35.9 Å². The first-order valence-electron chi connectivity index (χ1n) is 10.2. The van der Waals surface area contributed by atoms with Crippen LogP contribution in [0.15, 0.2) is 24.5 Å². The van der Waals surface area contributed by atoms with Crippen LogP contribution in [0.2, 0.25) is 0 Å². The Labute approximate surface area is 165 Å². The van der Waals surface area contributed by atoms with Crippen molar-refractivity contribution in [2.75, 3.05) is 20.2 Å². The van der Waals surface area contributed by atoms with Crippen molar-refractivity contribution in [1.29, 1.82) is 0 Å². The second-order valence-corrected chi connectivity index (χ2v) is 7.77. The molecule has 0 radical (unpaired) electrons. The lowest BCUT2D eigenvalue weighted by atomic mass is 9.90. The summed E-state index contributed by atoms with van der Waals surface area (Å²) < 4.78 is 11.7. The Bertz CT molecular complexity index is 779. The van der Waals surface area contributed by atoms with Crippen molar-refractivity contribution in [2.45, 2.75) is 51.0 Å². The number of piperidine rings is 1. The molecule has 1 aliphatic carbocycles. The Morgan fingerprint density at radius 2 is 1.96 bits per heavy atom. The molecule has 2 aromatic rings. The number of hydrogen-bond acceptors (Lipinski definition) is 5. The van der Waals surface area contributed by atoms with E-state index in [1.807, 2.05) is 11.0 Å². The molecule has 2 heterocycles. The first-order chi connectivity index (χ1) is 13.7. The van der Waals surface area contributed by atoms with Crippen LogP contribution in [0.3, 0.4) is 0 Å². The number of nitrogens with zero attached hydrogens (tertiary/aromatic N) is 3. The van der Waals surface area contributed by atoms with E-state index in [-0.39, 0.29) is 11.7 Å².